The summed E-state index contributed by atoms with van der Waals surface area (Å²) in [5, 5.41) is 8.11. The van der Waals surface area contributed by atoms with Crippen molar-refractivity contribution < 1.29 is 4.79 Å². The topological polar surface area (TPSA) is 73.0 Å². The van der Waals surface area contributed by atoms with E-state index in [1.54, 1.807) is 36.2 Å². The first-order chi connectivity index (χ1) is 13.6. The number of amides is 1. The summed E-state index contributed by atoms with van der Waals surface area (Å²) in [5.74, 6) is -0.185. The van der Waals surface area contributed by atoms with Crippen LogP contribution in [0.5, 0.6) is 0 Å². The van der Waals surface area contributed by atoms with Crippen molar-refractivity contribution in [3.8, 4) is 5.69 Å². The number of fused-ring (bicyclic) bond motifs is 1. The Labute approximate surface area is 167 Å². The van der Waals surface area contributed by atoms with E-state index < -0.39 is 5.69 Å². The van der Waals surface area contributed by atoms with E-state index in [0.717, 1.165) is 28.6 Å². The van der Waals surface area contributed by atoms with Crippen molar-refractivity contribution in [1.82, 2.24) is 24.7 Å². The summed E-state index contributed by atoms with van der Waals surface area (Å²) in [6.07, 6.45) is 2.96. The number of hydrogen-bond donors (Lipinski definition) is 0. The number of tetrazole rings is 1. The summed E-state index contributed by atoms with van der Waals surface area (Å²) in [6.45, 7) is -0.168. The molecule has 1 atom stereocenters. The third-order valence-electron chi connectivity index (χ3n) is 5.20. The van der Waals surface area contributed by atoms with Crippen LogP contribution in [0.15, 0.2) is 53.3 Å². The van der Waals surface area contributed by atoms with E-state index in [2.05, 4.69) is 22.6 Å². The lowest BCUT2D eigenvalue weighted by molar-refractivity contribution is -0.133. The van der Waals surface area contributed by atoms with E-state index in [9.17, 15) is 9.59 Å². The highest BCUT2D eigenvalue weighted by atomic mass is 35.5. The highest BCUT2D eigenvalue weighted by Gasteiger charge is 2.27. The monoisotopic (exact) mass is 397 g/mol. The lowest BCUT2D eigenvalue weighted by Crippen LogP contribution is -2.38. The van der Waals surface area contributed by atoms with Gasteiger partial charge < -0.3 is 4.90 Å². The van der Waals surface area contributed by atoms with Crippen LogP contribution in [0, 0.1) is 0 Å². The number of aryl methyl sites for hydroxylation is 1. The molecular weight excluding hydrogens is 378 g/mol. The predicted octanol–water partition coefficient (Wildman–Crippen LogP) is 2.62. The average Bonchev–Trinajstić information content (AvgIpc) is 3.07. The Morgan fingerprint density at radius 3 is 2.75 bits per heavy atom. The van der Waals surface area contributed by atoms with Crippen molar-refractivity contribution in [2.24, 2.45) is 0 Å². The van der Waals surface area contributed by atoms with Gasteiger partial charge in [-0.3, -0.25) is 4.79 Å². The van der Waals surface area contributed by atoms with Crippen molar-refractivity contribution in [2.45, 2.75) is 31.8 Å². The number of halogens is 1. The fraction of sp³-hybridized carbons (Fsp3) is 0.300. The zero-order valence-electron chi connectivity index (χ0n) is 15.5. The minimum Gasteiger partial charge on any atom is -0.337 e. The minimum atomic E-state index is -0.501. The molecule has 1 aliphatic rings. The highest BCUT2D eigenvalue weighted by Crippen LogP contribution is 2.33. The summed E-state index contributed by atoms with van der Waals surface area (Å²) in [5.41, 5.74) is 2.39. The van der Waals surface area contributed by atoms with Crippen LogP contribution in [0.2, 0.25) is 5.02 Å². The molecule has 8 heteroatoms. The summed E-state index contributed by atoms with van der Waals surface area (Å²) < 4.78 is 2.17. The first-order valence-electron chi connectivity index (χ1n) is 9.17. The molecule has 2 aromatic carbocycles. The molecule has 0 aliphatic heterocycles. The van der Waals surface area contributed by atoms with E-state index in [1.807, 2.05) is 12.1 Å². The van der Waals surface area contributed by atoms with Gasteiger partial charge in [0, 0.05) is 7.05 Å². The van der Waals surface area contributed by atoms with E-state index >= 15 is 0 Å². The molecule has 1 amide bonds. The Bertz CT molecular complexity index is 1070. The Hall–Kier alpha value is -2.93. The third kappa shape index (κ3) is 3.33. The molecule has 0 unspecified atom stereocenters. The fourth-order valence-electron chi connectivity index (χ4n) is 3.69. The molecule has 0 N–H and O–H groups in total. The van der Waals surface area contributed by atoms with Crippen LogP contribution in [0.1, 0.15) is 30.0 Å². The van der Waals surface area contributed by atoms with Gasteiger partial charge in [0.25, 0.3) is 0 Å². The van der Waals surface area contributed by atoms with Gasteiger partial charge >= 0.3 is 5.69 Å². The normalized spacial score (nSPS) is 15.9. The number of carbonyl (C=O) groups excluding carboxylic acids is 1. The average molecular weight is 398 g/mol. The molecule has 0 fully saturated rings. The maximum atomic E-state index is 12.8. The molecule has 0 saturated heterocycles. The molecule has 3 aromatic rings. The van der Waals surface area contributed by atoms with Crippen molar-refractivity contribution in [3.63, 3.8) is 0 Å². The van der Waals surface area contributed by atoms with Gasteiger partial charge in [0.2, 0.25) is 5.91 Å². The molecule has 1 heterocycles. The predicted molar refractivity (Wildman–Crippen MR) is 106 cm³/mol. The van der Waals surface area contributed by atoms with Gasteiger partial charge in [-0.1, -0.05) is 48.0 Å². The zero-order chi connectivity index (χ0) is 19.7. The van der Waals surface area contributed by atoms with Crippen LogP contribution in [0.25, 0.3) is 5.69 Å². The minimum absolute atomic E-state index is 0.00626. The summed E-state index contributed by atoms with van der Waals surface area (Å²) in [6, 6.07) is 15.1. The third-order valence-corrected chi connectivity index (χ3v) is 5.52. The number of aromatic nitrogens is 4. The van der Waals surface area contributed by atoms with E-state index in [1.165, 1.54) is 11.1 Å². The number of hydrogen-bond acceptors (Lipinski definition) is 4. The maximum Gasteiger partial charge on any atom is 0.369 e. The number of rotatable bonds is 4. The summed E-state index contributed by atoms with van der Waals surface area (Å²) >= 11 is 6.13. The number of likely N-dealkylation sites (N-methyl/N-ethyl adjacent to an activating group) is 1. The molecule has 1 aliphatic carbocycles. The van der Waals surface area contributed by atoms with Crippen molar-refractivity contribution in [2.75, 3.05) is 7.05 Å². The highest BCUT2D eigenvalue weighted by molar-refractivity contribution is 6.32. The van der Waals surface area contributed by atoms with E-state index in [-0.39, 0.29) is 18.5 Å². The summed E-state index contributed by atoms with van der Waals surface area (Å²) in [4.78, 5) is 27.2. The number of carbonyl (C=O) groups is 1. The maximum absolute atomic E-state index is 12.8. The van der Waals surface area contributed by atoms with Crippen LogP contribution < -0.4 is 5.69 Å². The van der Waals surface area contributed by atoms with Crippen molar-refractivity contribution in [3.05, 3.63) is 75.2 Å². The van der Waals surface area contributed by atoms with Gasteiger partial charge in [-0.15, -0.1) is 0 Å². The smallest absolute Gasteiger partial charge is 0.337 e. The molecule has 28 heavy (non-hydrogen) atoms. The molecule has 0 bridgehead atoms. The van der Waals surface area contributed by atoms with Gasteiger partial charge in [-0.2, -0.15) is 9.36 Å². The molecule has 144 valence electrons. The Kier molecular flexibility index (Phi) is 5.00. The number of nitrogens with zero attached hydrogens (tertiary/aromatic N) is 5. The van der Waals surface area contributed by atoms with E-state index in [4.69, 9.17) is 11.6 Å². The second kappa shape index (κ2) is 7.59. The lowest BCUT2D eigenvalue weighted by Gasteiger charge is -2.33. The second-order valence-electron chi connectivity index (χ2n) is 6.89. The molecule has 1 aromatic heterocycles. The van der Waals surface area contributed by atoms with Crippen molar-refractivity contribution in [1.29, 1.82) is 0 Å². The molecule has 0 saturated carbocycles. The summed E-state index contributed by atoms with van der Waals surface area (Å²) in [7, 11) is 1.78. The van der Waals surface area contributed by atoms with Gasteiger partial charge in [0.05, 0.1) is 16.8 Å². The molecule has 0 radical (unpaired) electrons. The van der Waals surface area contributed by atoms with Crippen LogP contribution in [0.4, 0.5) is 0 Å². The number of benzene rings is 2. The standard InChI is InChI=1S/C20H20ClN5O2/c1-24(17-12-6-8-14-7-2-3-9-15(14)17)19(27)13-25-20(28)26(23-22-25)18-11-5-4-10-16(18)21/h2-5,7,9-11,17H,6,8,12-13H2,1H3/t17-/m1/s1. The van der Waals surface area contributed by atoms with Crippen LogP contribution in [-0.4, -0.2) is 37.6 Å². The Morgan fingerprint density at radius 2 is 1.93 bits per heavy atom. The second-order valence-corrected chi connectivity index (χ2v) is 7.30. The molecule has 4 rings (SSSR count). The van der Waals surface area contributed by atoms with Crippen LogP contribution in [0.3, 0.4) is 0 Å². The van der Waals surface area contributed by atoms with Crippen molar-refractivity contribution >= 4 is 17.5 Å². The van der Waals surface area contributed by atoms with Gasteiger partial charge in [0.1, 0.15) is 6.54 Å². The molecular formula is C20H20ClN5O2. The van der Waals surface area contributed by atoms with Crippen LogP contribution >= 0.6 is 11.6 Å². The fourth-order valence-corrected chi connectivity index (χ4v) is 3.91. The van der Waals surface area contributed by atoms with Gasteiger partial charge in [0.15, 0.2) is 0 Å². The van der Waals surface area contributed by atoms with Gasteiger partial charge in [-0.05, 0) is 52.9 Å². The molecule has 0 spiro atoms. The molecule has 7 nitrogen and oxygen atoms in total. The van der Waals surface area contributed by atoms with Crippen LogP contribution in [-0.2, 0) is 17.8 Å². The lowest BCUT2D eigenvalue weighted by atomic mass is 9.87. The first kappa shape index (κ1) is 18.4. The van der Waals surface area contributed by atoms with Gasteiger partial charge in [-0.25, -0.2) is 4.79 Å². The first-order valence-corrected chi connectivity index (χ1v) is 9.55. The SMILES string of the molecule is CN(C(=O)Cn1nnn(-c2ccccc2Cl)c1=O)[C@@H]1CCCc2ccccc21. The number of para-hydroxylation sites is 1. The Balaban J connectivity index is 1.55. The largest absolute Gasteiger partial charge is 0.369 e. The quantitative estimate of drug-likeness (QED) is 0.678. The Morgan fingerprint density at radius 1 is 1.18 bits per heavy atom. The van der Waals surface area contributed by atoms with E-state index in [0.29, 0.717) is 10.7 Å². The zero-order valence-corrected chi connectivity index (χ0v) is 16.2.